The molecule has 0 unspecified atom stereocenters. The van der Waals surface area contributed by atoms with Gasteiger partial charge < -0.3 is 4.74 Å². The van der Waals surface area contributed by atoms with Crippen LogP contribution in [0.2, 0.25) is 5.02 Å². The Morgan fingerprint density at radius 3 is 2.54 bits per heavy atom. The molecule has 7 nitrogen and oxygen atoms in total. The van der Waals surface area contributed by atoms with Gasteiger partial charge in [-0.2, -0.15) is 4.31 Å². The first kappa shape index (κ1) is 27.4. The highest BCUT2D eigenvalue weighted by Gasteiger charge is 2.36. The van der Waals surface area contributed by atoms with Crippen LogP contribution in [0.1, 0.15) is 18.4 Å². The molecule has 5 rings (SSSR count). The van der Waals surface area contributed by atoms with E-state index in [1.807, 2.05) is 30.3 Å². The number of piperidine rings is 1. The summed E-state index contributed by atoms with van der Waals surface area (Å²) < 4.78 is 61.2. The lowest BCUT2D eigenvalue weighted by atomic mass is 9.96. The van der Waals surface area contributed by atoms with E-state index in [1.165, 1.54) is 18.4 Å². The zero-order chi connectivity index (χ0) is 27.7. The number of aromatic nitrogens is 1. The number of sulfonamides is 1. The van der Waals surface area contributed by atoms with Crippen molar-refractivity contribution in [1.82, 2.24) is 9.29 Å². The number of hydrogen-bond acceptors (Lipinski definition) is 6. The molecular formula is C27H24ClF2N3O4S2. The number of thiazole rings is 1. The smallest absolute Gasteiger partial charge is 0.246 e. The minimum absolute atomic E-state index is 0.00658. The molecule has 0 radical (unpaired) electrons. The molecule has 1 aliphatic heterocycles. The van der Waals surface area contributed by atoms with Crippen LogP contribution in [0.3, 0.4) is 0 Å². The Kier molecular flexibility index (Phi) is 7.86. The van der Waals surface area contributed by atoms with Crippen molar-refractivity contribution in [3.05, 3.63) is 82.9 Å². The fourth-order valence-corrected chi connectivity index (χ4v) is 7.41. The molecule has 3 aromatic carbocycles. The summed E-state index contributed by atoms with van der Waals surface area (Å²) in [6.07, 6.45) is 0.435. The number of benzene rings is 3. The van der Waals surface area contributed by atoms with E-state index in [4.69, 9.17) is 21.3 Å². The summed E-state index contributed by atoms with van der Waals surface area (Å²) in [5, 5.41) is 0.937. The largest absolute Gasteiger partial charge is 0.494 e. The average molecular weight is 592 g/mol. The normalized spacial score (nSPS) is 15.0. The lowest BCUT2D eigenvalue weighted by Crippen LogP contribution is -2.44. The third-order valence-electron chi connectivity index (χ3n) is 6.66. The quantitative estimate of drug-likeness (QED) is 0.269. The van der Waals surface area contributed by atoms with Gasteiger partial charge in [0.15, 0.2) is 5.13 Å². The first-order chi connectivity index (χ1) is 18.7. The van der Waals surface area contributed by atoms with Gasteiger partial charge in [0.2, 0.25) is 15.9 Å². The molecule has 1 saturated heterocycles. The Labute approximate surface area is 233 Å². The summed E-state index contributed by atoms with van der Waals surface area (Å²) in [4.78, 5) is 19.5. The highest BCUT2D eigenvalue weighted by atomic mass is 35.5. The van der Waals surface area contributed by atoms with Gasteiger partial charge in [-0.15, -0.1) is 0 Å². The minimum Gasteiger partial charge on any atom is -0.494 e. The van der Waals surface area contributed by atoms with Crippen molar-refractivity contribution in [2.75, 3.05) is 25.1 Å². The average Bonchev–Trinajstić information content (AvgIpc) is 3.40. The van der Waals surface area contributed by atoms with Crippen molar-refractivity contribution >= 4 is 54.2 Å². The third-order valence-corrected chi connectivity index (χ3v) is 10.1. The van der Waals surface area contributed by atoms with Crippen molar-refractivity contribution in [3.8, 4) is 5.75 Å². The molecule has 0 aliphatic carbocycles. The monoisotopic (exact) mass is 591 g/mol. The SMILES string of the molecule is COc1ccc(Cl)c2sc(N(Cc3ccccc3)C(=O)C3CCN(S(=O)(=O)c4cc(F)ccc4F)CC3)nc12. The first-order valence-corrected chi connectivity index (χ1v) is 14.8. The molecule has 0 spiro atoms. The predicted octanol–water partition coefficient (Wildman–Crippen LogP) is 5.87. The number of carbonyl (C=O) groups is 1. The fraction of sp³-hybridized carbons (Fsp3) is 0.259. The highest BCUT2D eigenvalue weighted by Crippen LogP contribution is 2.40. The number of ether oxygens (including phenoxy) is 1. The topological polar surface area (TPSA) is 79.8 Å². The van der Waals surface area contributed by atoms with Gasteiger partial charge in [0.1, 0.15) is 27.8 Å². The van der Waals surface area contributed by atoms with E-state index >= 15 is 0 Å². The molecule has 1 aromatic heterocycles. The van der Waals surface area contributed by atoms with Gasteiger partial charge in [0.25, 0.3) is 0 Å². The van der Waals surface area contributed by atoms with E-state index in [1.54, 1.807) is 17.0 Å². The van der Waals surface area contributed by atoms with E-state index in [-0.39, 0.29) is 38.4 Å². The van der Waals surface area contributed by atoms with E-state index in [0.717, 1.165) is 22.0 Å². The predicted molar refractivity (Wildman–Crippen MR) is 147 cm³/mol. The van der Waals surface area contributed by atoms with Crippen molar-refractivity contribution < 1.29 is 26.7 Å². The Morgan fingerprint density at radius 1 is 1.13 bits per heavy atom. The maximum Gasteiger partial charge on any atom is 0.246 e. The number of anilines is 1. The number of methoxy groups -OCH3 is 1. The molecule has 1 aliphatic rings. The maximum absolute atomic E-state index is 14.2. The second-order valence-corrected chi connectivity index (χ2v) is 12.4. The summed E-state index contributed by atoms with van der Waals surface area (Å²) in [7, 11) is -2.73. The number of rotatable bonds is 7. The summed E-state index contributed by atoms with van der Waals surface area (Å²) in [6.45, 7) is 0.243. The zero-order valence-electron chi connectivity index (χ0n) is 20.8. The van der Waals surface area contributed by atoms with Crippen molar-refractivity contribution in [2.24, 2.45) is 5.92 Å². The van der Waals surface area contributed by atoms with Gasteiger partial charge in [0, 0.05) is 19.0 Å². The second kappa shape index (κ2) is 11.2. The van der Waals surface area contributed by atoms with Crippen LogP contribution in [-0.2, 0) is 21.4 Å². The number of amides is 1. The van der Waals surface area contributed by atoms with Crippen LogP contribution >= 0.6 is 22.9 Å². The summed E-state index contributed by atoms with van der Waals surface area (Å²) in [6, 6.07) is 15.2. The maximum atomic E-state index is 14.2. The molecule has 0 saturated carbocycles. The molecule has 0 bridgehead atoms. The van der Waals surface area contributed by atoms with Crippen LogP contribution in [-0.4, -0.2) is 43.8 Å². The summed E-state index contributed by atoms with van der Waals surface area (Å²) >= 11 is 7.70. The van der Waals surface area contributed by atoms with E-state index in [9.17, 15) is 22.0 Å². The Balaban J connectivity index is 1.41. The lowest BCUT2D eigenvalue weighted by molar-refractivity contribution is -0.123. The van der Waals surface area contributed by atoms with Crippen LogP contribution in [0.4, 0.5) is 13.9 Å². The fourth-order valence-electron chi connectivity index (χ4n) is 4.60. The van der Waals surface area contributed by atoms with Crippen molar-refractivity contribution in [1.29, 1.82) is 0 Å². The van der Waals surface area contributed by atoms with E-state index in [0.29, 0.717) is 32.2 Å². The van der Waals surface area contributed by atoms with Crippen molar-refractivity contribution in [3.63, 3.8) is 0 Å². The molecule has 4 aromatic rings. The molecule has 2 heterocycles. The van der Waals surface area contributed by atoms with Gasteiger partial charge in [-0.25, -0.2) is 22.2 Å². The molecule has 1 amide bonds. The third kappa shape index (κ3) is 5.49. The molecule has 39 heavy (non-hydrogen) atoms. The molecule has 1 fully saturated rings. The van der Waals surface area contributed by atoms with Gasteiger partial charge >= 0.3 is 0 Å². The number of fused-ring (bicyclic) bond motifs is 1. The zero-order valence-corrected chi connectivity index (χ0v) is 23.2. The van der Waals surface area contributed by atoms with Crippen LogP contribution in [0, 0.1) is 17.6 Å². The minimum atomic E-state index is -4.26. The number of hydrogen-bond donors (Lipinski definition) is 0. The Hall–Kier alpha value is -3.12. The first-order valence-electron chi connectivity index (χ1n) is 12.1. The van der Waals surface area contributed by atoms with Gasteiger partial charge in [-0.3, -0.25) is 9.69 Å². The van der Waals surface area contributed by atoms with Crippen LogP contribution in [0.25, 0.3) is 10.2 Å². The summed E-state index contributed by atoms with van der Waals surface area (Å²) in [5.41, 5.74) is 1.44. The molecule has 204 valence electrons. The summed E-state index contributed by atoms with van der Waals surface area (Å²) in [5.74, 6) is -2.03. The second-order valence-electron chi connectivity index (χ2n) is 9.09. The van der Waals surface area contributed by atoms with Gasteiger partial charge in [-0.05, 0) is 48.7 Å². The van der Waals surface area contributed by atoms with Crippen LogP contribution in [0.5, 0.6) is 5.75 Å². The number of halogens is 3. The Bertz CT molecular complexity index is 1630. The number of nitrogens with zero attached hydrogens (tertiary/aromatic N) is 3. The van der Waals surface area contributed by atoms with Gasteiger partial charge in [0.05, 0.1) is 23.4 Å². The number of carbonyl (C=O) groups excluding carboxylic acids is 1. The Morgan fingerprint density at radius 2 is 1.85 bits per heavy atom. The van der Waals surface area contributed by atoms with Crippen LogP contribution < -0.4 is 9.64 Å². The van der Waals surface area contributed by atoms with Gasteiger partial charge in [-0.1, -0.05) is 53.3 Å². The standard InChI is InChI=1S/C27H24ClF2N3O4S2/c1-37-22-10-8-20(28)25-24(22)31-27(38-25)33(16-17-5-3-2-4-6-17)26(34)18-11-13-32(14-12-18)39(35,36)23-15-19(29)7-9-21(23)30/h2-10,15,18H,11-14,16H2,1H3. The van der Waals surface area contributed by atoms with E-state index < -0.39 is 32.5 Å². The molecule has 0 N–H and O–H groups in total. The molecule has 12 heteroatoms. The van der Waals surface area contributed by atoms with E-state index in [2.05, 4.69) is 0 Å². The molecule has 0 atom stereocenters. The molecular weight excluding hydrogens is 568 g/mol. The van der Waals surface area contributed by atoms with Crippen LogP contribution in [0.15, 0.2) is 65.6 Å². The lowest BCUT2D eigenvalue weighted by Gasteiger charge is -2.33. The highest BCUT2D eigenvalue weighted by molar-refractivity contribution is 7.89. The van der Waals surface area contributed by atoms with Crippen molar-refractivity contribution in [2.45, 2.75) is 24.3 Å².